The Balaban J connectivity index is 1.15. The molecule has 0 saturated carbocycles. The highest BCUT2D eigenvalue weighted by molar-refractivity contribution is 6.02. The van der Waals surface area contributed by atoms with Crippen molar-refractivity contribution in [3.63, 3.8) is 0 Å². The van der Waals surface area contributed by atoms with Crippen molar-refractivity contribution in [1.29, 1.82) is 0 Å². The number of carbonyl (C=O) groups excluding carboxylic acids is 1. The molecule has 3 fully saturated rings. The van der Waals surface area contributed by atoms with E-state index < -0.39 is 17.5 Å². The van der Waals surface area contributed by atoms with E-state index in [0.29, 0.717) is 67.0 Å². The number of fused-ring (bicyclic) bond motifs is 2. The van der Waals surface area contributed by atoms with Crippen molar-refractivity contribution in [1.82, 2.24) is 20.3 Å². The highest BCUT2D eigenvalue weighted by Gasteiger charge is 2.44. The van der Waals surface area contributed by atoms with Gasteiger partial charge < -0.3 is 34.6 Å². The number of aromatic hydroxyl groups is 1. The summed E-state index contributed by atoms with van der Waals surface area (Å²) in [5, 5.41) is 15.0. The zero-order chi connectivity index (χ0) is 40.6. The summed E-state index contributed by atoms with van der Waals surface area (Å²) in [5.41, 5.74) is 3.18. The van der Waals surface area contributed by atoms with Crippen LogP contribution in [0.3, 0.4) is 0 Å². The number of rotatable bonds is 9. The maximum atomic E-state index is 15.4. The number of morpholine rings is 1. The molecule has 2 N–H and O–H groups in total. The standard InChI is InChI=1S/C45H49F2N7O4/c1-5-35-38(47)14-11-30-19-34(55)21-37(42(30)35)29-10-13-36-39(20-29)50-44(51-43(36)52-16-8-7-9-32(25-52)49-41(56)6-2)58-27-45(4)22-31(46)24-54(45)33-12-15-40(48-23-33)53-17-18-57-26-28(53)3/h1,6,11-12,14-15,19-21,23,28,31-32,55H,2,7-10,13,16-18,22,24-27H2,3-4H3,(H,49,56)/t28-,31-,32?,45+/m1/s1. The van der Waals surface area contributed by atoms with Crippen LogP contribution in [0.15, 0.2) is 55.3 Å². The third-order valence-electron chi connectivity index (χ3n) is 11.9. The lowest BCUT2D eigenvalue weighted by Gasteiger charge is -2.37. The molecule has 3 aliphatic heterocycles. The quantitative estimate of drug-likeness (QED) is 0.142. The average molecular weight is 790 g/mol. The molecule has 0 spiro atoms. The SMILES string of the molecule is C#Cc1c(F)ccc2cc(O)cc(C3=Cc4nc(OC[C@]5(C)C[C@@H](F)CN5c5ccc(N6CCOC[C@H]6C)nc5)nc(N5CCCCC(NC(=O)C=C)C5)c4CC3)c12. The monoisotopic (exact) mass is 789 g/mol. The molecule has 2 aromatic heterocycles. The Morgan fingerprint density at radius 1 is 1.19 bits per heavy atom. The molecule has 4 aromatic rings. The van der Waals surface area contributed by atoms with E-state index >= 15 is 8.78 Å². The Hall–Kier alpha value is -5.74. The van der Waals surface area contributed by atoms with Gasteiger partial charge >= 0.3 is 6.01 Å². The number of nitrogens with zero attached hydrogens (tertiary/aromatic N) is 6. The fourth-order valence-corrected chi connectivity index (χ4v) is 9.01. The fraction of sp³-hybridized carbons (Fsp3) is 0.422. The summed E-state index contributed by atoms with van der Waals surface area (Å²) < 4.78 is 42.6. The lowest BCUT2D eigenvalue weighted by atomic mass is 9.87. The van der Waals surface area contributed by atoms with Gasteiger partial charge in [0.15, 0.2) is 0 Å². The topological polar surface area (TPSA) is 116 Å². The number of benzene rings is 2. The van der Waals surface area contributed by atoms with Crippen molar-refractivity contribution < 1.29 is 28.2 Å². The number of anilines is 3. The summed E-state index contributed by atoms with van der Waals surface area (Å²) in [7, 11) is 0. The van der Waals surface area contributed by atoms with Gasteiger partial charge in [0.25, 0.3) is 0 Å². The van der Waals surface area contributed by atoms with Gasteiger partial charge in [-0.3, -0.25) is 4.79 Å². The number of nitrogens with one attached hydrogen (secondary N) is 1. The zero-order valence-corrected chi connectivity index (χ0v) is 33.0. The molecule has 2 aromatic carbocycles. The number of halogens is 2. The summed E-state index contributed by atoms with van der Waals surface area (Å²) >= 11 is 0. The number of carbonyl (C=O) groups is 1. The molecule has 3 saturated heterocycles. The number of hydrogen-bond acceptors (Lipinski definition) is 10. The molecule has 0 radical (unpaired) electrons. The second-order valence-corrected chi connectivity index (χ2v) is 16.1. The number of terminal acetylenes is 1. The number of alkyl halides is 1. The Morgan fingerprint density at radius 3 is 2.83 bits per heavy atom. The van der Waals surface area contributed by atoms with Crippen LogP contribution in [-0.4, -0.2) is 95.8 Å². The van der Waals surface area contributed by atoms with Gasteiger partial charge in [0, 0.05) is 43.0 Å². The highest BCUT2D eigenvalue weighted by Crippen LogP contribution is 2.41. The molecule has 1 unspecified atom stereocenters. The minimum atomic E-state index is -1.08. The number of aromatic nitrogens is 3. The molecule has 8 rings (SSSR count). The van der Waals surface area contributed by atoms with Gasteiger partial charge in [-0.2, -0.15) is 9.97 Å². The number of hydrogen-bond donors (Lipinski definition) is 2. The van der Waals surface area contributed by atoms with Crippen molar-refractivity contribution in [3.05, 3.63) is 83.5 Å². The molecule has 11 nitrogen and oxygen atoms in total. The molecule has 13 heteroatoms. The van der Waals surface area contributed by atoms with E-state index in [1.165, 1.54) is 12.1 Å². The number of phenolic OH excluding ortho intramolecular Hbond substituents is 1. The minimum absolute atomic E-state index is 0.0365. The van der Waals surface area contributed by atoms with Crippen molar-refractivity contribution in [2.24, 2.45) is 0 Å². The first-order valence-electron chi connectivity index (χ1n) is 20.1. The lowest BCUT2D eigenvalue weighted by molar-refractivity contribution is -0.117. The van der Waals surface area contributed by atoms with Crippen LogP contribution in [0.1, 0.15) is 68.3 Å². The van der Waals surface area contributed by atoms with Gasteiger partial charge in [-0.25, -0.2) is 13.8 Å². The second-order valence-electron chi connectivity index (χ2n) is 16.1. The summed E-state index contributed by atoms with van der Waals surface area (Å²) in [6.07, 6.45) is 13.8. The van der Waals surface area contributed by atoms with Crippen LogP contribution >= 0.6 is 0 Å². The summed E-state index contributed by atoms with van der Waals surface area (Å²) in [4.78, 5) is 33.6. The molecule has 0 bridgehead atoms. The number of phenols is 1. The predicted molar refractivity (Wildman–Crippen MR) is 223 cm³/mol. The van der Waals surface area contributed by atoms with Gasteiger partial charge in [0.2, 0.25) is 5.91 Å². The minimum Gasteiger partial charge on any atom is -0.508 e. The Morgan fingerprint density at radius 2 is 2.05 bits per heavy atom. The number of allylic oxidation sites excluding steroid dienone is 1. The maximum Gasteiger partial charge on any atom is 0.319 e. The third kappa shape index (κ3) is 7.77. The second kappa shape index (κ2) is 16.3. The first-order chi connectivity index (χ1) is 28.0. The summed E-state index contributed by atoms with van der Waals surface area (Å²) in [5.74, 6) is 3.38. The van der Waals surface area contributed by atoms with E-state index in [4.69, 9.17) is 30.8 Å². The zero-order valence-electron chi connectivity index (χ0n) is 33.0. The van der Waals surface area contributed by atoms with E-state index in [1.807, 2.05) is 30.0 Å². The van der Waals surface area contributed by atoms with Crippen LogP contribution in [0.5, 0.6) is 11.8 Å². The number of amides is 1. The van der Waals surface area contributed by atoms with Crippen molar-refractivity contribution in [3.8, 4) is 24.1 Å². The van der Waals surface area contributed by atoms with Gasteiger partial charge in [-0.05, 0) is 105 Å². The molecule has 5 heterocycles. The molecule has 4 aliphatic rings. The van der Waals surface area contributed by atoms with Gasteiger partial charge in [-0.1, -0.05) is 18.6 Å². The lowest BCUT2D eigenvalue weighted by Crippen LogP contribution is -2.46. The fourth-order valence-electron chi connectivity index (χ4n) is 9.01. The van der Waals surface area contributed by atoms with E-state index in [9.17, 15) is 9.90 Å². The molecule has 1 amide bonds. The van der Waals surface area contributed by atoms with E-state index in [2.05, 4.69) is 34.5 Å². The Kier molecular flexibility index (Phi) is 11.0. The van der Waals surface area contributed by atoms with Crippen LogP contribution in [-0.2, 0) is 16.0 Å². The van der Waals surface area contributed by atoms with Gasteiger partial charge in [0.1, 0.15) is 36.0 Å². The first kappa shape index (κ1) is 39.1. The van der Waals surface area contributed by atoms with Crippen LogP contribution in [0, 0.1) is 18.2 Å². The predicted octanol–water partition coefficient (Wildman–Crippen LogP) is 6.61. The van der Waals surface area contributed by atoms with E-state index in [1.54, 1.807) is 24.4 Å². The molecule has 1 aliphatic carbocycles. The van der Waals surface area contributed by atoms with Crippen LogP contribution < -0.4 is 24.8 Å². The summed E-state index contributed by atoms with van der Waals surface area (Å²) in [6.45, 7) is 11.3. The molecule has 302 valence electrons. The average Bonchev–Trinajstić information content (AvgIpc) is 3.35. The number of ether oxygens (including phenoxy) is 2. The van der Waals surface area contributed by atoms with Crippen LogP contribution in [0.4, 0.5) is 26.1 Å². The first-order valence-corrected chi connectivity index (χ1v) is 20.1. The molecule has 58 heavy (non-hydrogen) atoms. The third-order valence-corrected chi connectivity index (χ3v) is 11.9. The molecule has 4 atom stereocenters. The maximum absolute atomic E-state index is 15.4. The van der Waals surface area contributed by atoms with Gasteiger partial charge in [0.05, 0.1) is 54.5 Å². The van der Waals surface area contributed by atoms with Gasteiger partial charge in [-0.15, -0.1) is 6.42 Å². The van der Waals surface area contributed by atoms with Crippen molar-refractivity contribution in [2.45, 2.75) is 76.2 Å². The Bertz CT molecular complexity index is 2300. The van der Waals surface area contributed by atoms with Crippen LogP contribution in [0.2, 0.25) is 0 Å². The van der Waals surface area contributed by atoms with Crippen molar-refractivity contribution >= 4 is 45.7 Å². The van der Waals surface area contributed by atoms with E-state index in [-0.39, 0.29) is 54.9 Å². The smallest absolute Gasteiger partial charge is 0.319 e. The number of pyridine rings is 1. The normalized spacial score (nSPS) is 23.5. The largest absolute Gasteiger partial charge is 0.508 e. The highest BCUT2D eigenvalue weighted by atomic mass is 19.1. The van der Waals surface area contributed by atoms with Crippen molar-refractivity contribution in [2.75, 3.05) is 60.7 Å². The van der Waals surface area contributed by atoms with Crippen LogP contribution in [0.25, 0.3) is 22.4 Å². The molecular formula is C45H49F2N7O4. The Labute approximate surface area is 337 Å². The molecular weight excluding hydrogens is 741 g/mol. The summed E-state index contributed by atoms with van der Waals surface area (Å²) in [6, 6.07) is 10.3. The van der Waals surface area contributed by atoms with E-state index in [0.717, 1.165) is 48.4 Å².